The highest BCUT2D eigenvalue weighted by Gasteiger charge is 2.52. The molecule has 1 fully saturated rings. The van der Waals surface area contributed by atoms with E-state index >= 15 is 0 Å². The number of hydrogen-bond acceptors (Lipinski definition) is 4. The van der Waals surface area contributed by atoms with Crippen molar-refractivity contribution >= 4 is 17.2 Å². The van der Waals surface area contributed by atoms with Crippen LogP contribution in [0.4, 0.5) is 0 Å². The summed E-state index contributed by atoms with van der Waals surface area (Å²) in [7, 11) is 4.09. The summed E-state index contributed by atoms with van der Waals surface area (Å²) in [5.74, 6) is 0.393. The van der Waals surface area contributed by atoms with Gasteiger partial charge in [0.15, 0.2) is 0 Å². The van der Waals surface area contributed by atoms with Gasteiger partial charge in [-0.1, -0.05) is 13.0 Å². The second-order valence-corrected chi connectivity index (χ2v) is 8.41. The van der Waals surface area contributed by atoms with E-state index in [2.05, 4.69) is 18.9 Å². The topological polar surface area (TPSA) is 43.8 Å². The Kier molecular flexibility index (Phi) is 3.89. The van der Waals surface area contributed by atoms with Gasteiger partial charge in [0.05, 0.1) is 11.6 Å². The SMILES string of the molecule is CN1CCC2(C)c3cc(O)ccc3C[C@@H]1[C@@H]2N(C)C(=O)c1ccsc1. The van der Waals surface area contributed by atoms with Crippen molar-refractivity contribution in [3.63, 3.8) is 0 Å². The second-order valence-electron chi connectivity index (χ2n) is 7.63. The zero-order chi connectivity index (χ0) is 17.8. The van der Waals surface area contributed by atoms with Crippen molar-refractivity contribution in [2.24, 2.45) is 0 Å². The molecule has 2 bridgehead atoms. The minimum Gasteiger partial charge on any atom is -0.508 e. The quantitative estimate of drug-likeness (QED) is 0.899. The maximum absolute atomic E-state index is 13.0. The van der Waals surface area contributed by atoms with Crippen molar-refractivity contribution in [3.8, 4) is 5.75 Å². The van der Waals surface area contributed by atoms with E-state index in [1.807, 2.05) is 40.9 Å². The highest BCUT2D eigenvalue weighted by Crippen LogP contribution is 2.47. The van der Waals surface area contributed by atoms with E-state index in [4.69, 9.17) is 0 Å². The summed E-state index contributed by atoms with van der Waals surface area (Å²) in [5.41, 5.74) is 3.11. The Labute approximate surface area is 152 Å². The van der Waals surface area contributed by atoms with E-state index in [9.17, 15) is 9.90 Å². The van der Waals surface area contributed by atoms with E-state index in [0.29, 0.717) is 11.8 Å². The molecule has 1 unspecified atom stereocenters. The minimum atomic E-state index is -0.149. The van der Waals surface area contributed by atoms with Crippen LogP contribution in [0.5, 0.6) is 5.75 Å². The number of amides is 1. The number of nitrogens with zero attached hydrogens (tertiary/aromatic N) is 2. The highest BCUT2D eigenvalue weighted by atomic mass is 32.1. The zero-order valence-electron chi connectivity index (χ0n) is 14.9. The van der Waals surface area contributed by atoms with Crippen LogP contribution >= 0.6 is 11.3 Å². The molecule has 1 aliphatic carbocycles. The lowest BCUT2D eigenvalue weighted by molar-refractivity contribution is 0.00532. The number of benzene rings is 1. The molecule has 1 aromatic carbocycles. The molecule has 1 N–H and O–H groups in total. The average Bonchev–Trinajstić information content (AvgIpc) is 3.12. The number of thiophene rings is 1. The van der Waals surface area contributed by atoms with Crippen LogP contribution in [-0.2, 0) is 11.8 Å². The van der Waals surface area contributed by atoms with Crippen molar-refractivity contribution in [1.82, 2.24) is 9.80 Å². The molecular weight excluding hydrogens is 332 g/mol. The summed E-state index contributed by atoms with van der Waals surface area (Å²) in [6, 6.07) is 8.02. The van der Waals surface area contributed by atoms with Gasteiger partial charge in [-0.3, -0.25) is 4.79 Å². The average molecular weight is 356 g/mol. The summed E-state index contributed by atoms with van der Waals surface area (Å²) in [5, 5.41) is 13.9. The lowest BCUT2D eigenvalue weighted by Gasteiger charge is -2.57. The number of carbonyl (C=O) groups is 1. The van der Waals surface area contributed by atoms with Gasteiger partial charge in [0.25, 0.3) is 5.91 Å². The standard InChI is InChI=1S/C20H24N2O2S/c1-20-7-8-21(2)17(10-13-4-5-15(23)11-16(13)20)18(20)22(3)19(24)14-6-9-25-12-14/h4-6,9,11-12,17-18,23H,7-8,10H2,1-3H3/t17-,18+,20?/m1/s1. The summed E-state index contributed by atoms with van der Waals surface area (Å²) >= 11 is 1.55. The fourth-order valence-corrected chi connectivity index (χ4v) is 5.48. The van der Waals surface area contributed by atoms with E-state index in [-0.39, 0.29) is 17.4 Å². The molecule has 1 saturated heterocycles. The van der Waals surface area contributed by atoms with Crippen LogP contribution in [0.1, 0.15) is 34.8 Å². The molecule has 0 spiro atoms. The largest absolute Gasteiger partial charge is 0.508 e. The number of fused-ring (bicyclic) bond motifs is 4. The number of rotatable bonds is 2. The molecule has 25 heavy (non-hydrogen) atoms. The Bertz CT molecular complexity index is 804. The summed E-state index contributed by atoms with van der Waals surface area (Å²) < 4.78 is 0. The number of aromatic hydroxyl groups is 1. The molecule has 1 amide bonds. The third kappa shape index (κ3) is 2.49. The van der Waals surface area contributed by atoms with Crippen molar-refractivity contribution in [1.29, 1.82) is 0 Å². The Morgan fingerprint density at radius 3 is 2.92 bits per heavy atom. The molecule has 2 heterocycles. The number of likely N-dealkylation sites (tertiary alicyclic amines) is 1. The lowest BCUT2D eigenvalue weighted by atomic mass is 9.61. The van der Waals surface area contributed by atoms with Crippen LogP contribution in [0, 0.1) is 0 Å². The molecule has 4 nitrogen and oxygen atoms in total. The van der Waals surface area contributed by atoms with Crippen molar-refractivity contribution < 1.29 is 9.90 Å². The molecule has 5 heteroatoms. The van der Waals surface area contributed by atoms with E-state index in [1.165, 1.54) is 11.1 Å². The first kappa shape index (κ1) is 16.6. The number of hydrogen-bond donors (Lipinski definition) is 1. The lowest BCUT2D eigenvalue weighted by Crippen LogP contribution is -2.67. The number of phenols is 1. The van der Waals surface area contributed by atoms with Crippen molar-refractivity contribution in [2.75, 3.05) is 20.6 Å². The third-order valence-corrected chi connectivity index (χ3v) is 6.89. The van der Waals surface area contributed by atoms with E-state index < -0.39 is 0 Å². The van der Waals surface area contributed by atoms with E-state index in [1.54, 1.807) is 17.4 Å². The van der Waals surface area contributed by atoms with Crippen LogP contribution in [0.25, 0.3) is 0 Å². The number of likely N-dealkylation sites (N-methyl/N-ethyl adjacent to an activating group) is 2. The van der Waals surface area contributed by atoms with Gasteiger partial charge in [0.1, 0.15) is 5.75 Å². The maximum Gasteiger partial charge on any atom is 0.254 e. The van der Waals surface area contributed by atoms with Gasteiger partial charge in [0.2, 0.25) is 0 Å². The molecule has 0 saturated carbocycles. The predicted molar refractivity (Wildman–Crippen MR) is 100 cm³/mol. The fourth-order valence-electron chi connectivity index (χ4n) is 4.85. The van der Waals surface area contributed by atoms with Crippen LogP contribution < -0.4 is 0 Å². The van der Waals surface area contributed by atoms with Crippen LogP contribution in [0.3, 0.4) is 0 Å². The van der Waals surface area contributed by atoms with Crippen molar-refractivity contribution in [2.45, 2.75) is 37.3 Å². The third-order valence-electron chi connectivity index (χ3n) is 6.21. The van der Waals surface area contributed by atoms with Gasteiger partial charge in [0, 0.05) is 23.9 Å². The number of carbonyl (C=O) groups excluding carboxylic acids is 1. The van der Waals surface area contributed by atoms with Gasteiger partial charge in [-0.05, 0) is 61.1 Å². The van der Waals surface area contributed by atoms with Crippen LogP contribution in [-0.4, -0.2) is 53.5 Å². The summed E-state index contributed by atoms with van der Waals surface area (Å²) in [4.78, 5) is 17.4. The van der Waals surface area contributed by atoms with Gasteiger partial charge in [-0.15, -0.1) is 0 Å². The smallest absolute Gasteiger partial charge is 0.254 e. The molecule has 132 valence electrons. The second kappa shape index (κ2) is 5.85. The Hall–Kier alpha value is -1.85. The predicted octanol–water partition coefficient (Wildman–Crippen LogP) is 3.11. The Morgan fingerprint density at radius 2 is 2.20 bits per heavy atom. The molecule has 2 aromatic rings. The molecule has 0 radical (unpaired) electrons. The highest BCUT2D eigenvalue weighted by molar-refractivity contribution is 7.08. The number of phenolic OH excluding ortho intramolecular Hbond substituents is 1. The van der Waals surface area contributed by atoms with Gasteiger partial charge < -0.3 is 14.9 Å². The molecule has 3 atom stereocenters. The summed E-state index contributed by atoms with van der Waals surface area (Å²) in [6.07, 6.45) is 1.88. The molecule has 1 aromatic heterocycles. The monoisotopic (exact) mass is 356 g/mol. The first-order valence-corrected chi connectivity index (χ1v) is 9.68. The van der Waals surface area contributed by atoms with Crippen LogP contribution in [0.15, 0.2) is 35.0 Å². The van der Waals surface area contributed by atoms with Crippen molar-refractivity contribution in [3.05, 3.63) is 51.7 Å². The Morgan fingerprint density at radius 1 is 1.40 bits per heavy atom. The normalized spacial score (nSPS) is 28.4. The molecular formula is C20H24N2O2S. The first-order valence-electron chi connectivity index (χ1n) is 8.74. The minimum absolute atomic E-state index is 0.0846. The van der Waals surface area contributed by atoms with Crippen LogP contribution in [0.2, 0.25) is 0 Å². The molecule has 2 aliphatic rings. The summed E-state index contributed by atoms with van der Waals surface area (Å²) in [6.45, 7) is 3.26. The molecule has 4 rings (SSSR count). The van der Waals surface area contributed by atoms with Gasteiger partial charge in [-0.25, -0.2) is 0 Å². The first-order chi connectivity index (χ1) is 11.9. The number of piperidine rings is 1. The Balaban J connectivity index is 1.80. The van der Waals surface area contributed by atoms with Gasteiger partial charge in [-0.2, -0.15) is 11.3 Å². The maximum atomic E-state index is 13.0. The molecule has 1 aliphatic heterocycles. The zero-order valence-corrected chi connectivity index (χ0v) is 15.7. The van der Waals surface area contributed by atoms with E-state index in [0.717, 1.165) is 24.9 Å². The van der Waals surface area contributed by atoms with Gasteiger partial charge >= 0.3 is 0 Å². The fraction of sp³-hybridized carbons (Fsp3) is 0.450.